The van der Waals surface area contributed by atoms with Crippen molar-refractivity contribution in [3.05, 3.63) is 64.3 Å². The van der Waals surface area contributed by atoms with E-state index in [0.717, 1.165) is 17.7 Å². The molecule has 33 heavy (non-hydrogen) atoms. The molecule has 0 saturated heterocycles. The minimum atomic E-state index is -4.51. The number of rotatable bonds is 9. The molecule has 0 unspecified atom stereocenters. The van der Waals surface area contributed by atoms with Crippen LogP contribution in [-0.2, 0) is 12.7 Å². The summed E-state index contributed by atoms with van der Waals surface area (Å²) < 4.78 is 44.6. The molecule has 3 rings (SSSR count). The number of aromatic nitrogens is 1. The molecule has 0 spiro atoms. The molecule has 0 aliphatic rings. The van der Waals surface area contributed by atoms with Gasteiger partial charge < -0.3 is 20.5 Å². The Morgan fingerprint density at radius 1 is 1.18 bits per heavy atom. The number of nitrogens with one attached hydrogen (secondary N) is 2. The smallest absolute Gasteiger partial charge is 0.416 e. The SMILES string of the molecule is COc1ccc(CNc2c(C(=O)NCCCCO)cnc3cc(C(F)(F)F)ccc23)cc1Cl. The molecule has 0 saturated carbocycles. The first-order chi connectivity index (χ1) is 15.7. The number of methoxy groups -OCH3 is 1. The molecule has 0 atom stereocenters. The van der Waals surface area contributed by atoms with Gasteiger partial charge in [0.2, 0.25) is 0 Å². The molecular weight excluding hydrogens is 459 g/mol. The fourth-order valence-electron chi connectivity index (χ4n) is 3.28. The number of anilines is 1. The molecule has 0 radical (unpaired) electrons. The molecule has 6 nitrogen and oxygen atoms in total. The summed E-state index contributed by atoms with van der Waals surface area (Å²) in [6.07, 6.45) is -2.12. The third-order valence-electron chi connectivity index (χ3n) is 5.00. The highest BCUT2D eigenvalue weighted by Crippen LogP contribution is 2.34. The van der Waals surface area contributed by atoms with Crippen molar-refractivity contribution in [1.29, 1.82) is 0 Å². The minimum absolute atomic E-state index is 0.0200. The molecule has 3 N–H and O–H groups in total. The molecule has 0 aliphatic heterocycles. The van der Waals surface area contributed by atoms with Crippen LogP contribution in [-0.4, -0.2) is 36.3 Å². The van der Waals surface area contributed by atoms with Crippen molar-refractivity contribution >= 4 is 34.1 Å². The van der Waals surface area contributed by atoms with Crippen molar-refractivity contribution in [2.24, 2.45) is 0 Å². The lowest BCUT2D eigenvalue weighted by Crippen LogP contribution is -2.26. The lowest BCUT2D eigenvalue weighted by molar-refractivity contribution is -0.137. The Balaban J connectivity index is 1.96. The number of hydrogen-bond acceptors (Lipinski definition) is 5. The standard InChI is InChI=1S/C23H23ClF3N3O3/c1-33-20-7-4-14(10-18(20)24)12-30-21-16-6-5-15(23(25,26)27)11-19(16)29-13-17(21)22(32)28-8-2-3-9-31/h4-7,10-11,13,31H,2-3,8-9,12H2,1H3,(H,28,32)(H,29,30). The van der Waals surface area contributed by atoms with Gasteiger partial charge in [-0.25, -0.2) is 0 Å². The average molecular weight is 482 g/mol. The number of alkyl halides is 3. The van der Waals surface area contributed by atoms with E-state index in [1.54, 1.807) is 18.2 Å². The maximum Gasteiger partial charge on any atom is 0.416 e. The van der Waals surface area contributed by atoms with Crippen molar-refractivity contribution in [2.45, 2.75) is 25.6 Å². The molecular formula is C23H23ClF3N3O3. The zero-order valence-electron chi connectivity index (χ0n) is 17.8. The number of aliphatic hydroxyl groups is 1. The largest absolute Gasteiger partial charge is 0.495 e. The summed E-state index contributed by atoms with van der Waals surface area (Å²) in [6.45, 7) is 0.624. The van der Waals surface area contributed by atoms with Crippen LogP contribution in [0.2, 0.25) is 5.02 Å². The number of pyridine rings is 1. The van der Waals surface area contributed by atoms with Gasteiger partial charge in [0.1, 0.15) is 5.75 Å². The van der Waals surface area contributed by atoms with Crippen LogP contribution in [0, 0.1) is 0 Å². The Labute approximate surface area is 193 Å². The fourth-order valence-corrected chi connectivity index (χ4v) is 3.56. The molecule has 1 aromatic heterocycles. The van der Waals surface area contributed by atoms with Crippen LogP contribution >= 0.6 is 11.6 Å². The van der Waals surface area contributed by atoms with Crippen LogP contribution in [0.25, 0.3) is 10.9 Å². The number of carbonyl (C=O) groups is 1. The predicted octanol–water partition coefficient (Wildman–Crippen LogP) is 5.03. The summed E-state index contributed by atoms with van der Waals surface area (Å²) in [5, 5.41) is 15.6. The van der Waals surface area contributed by atoms with E-state index in [1.807, 2.05) is 0 Å². The van der Waals surface area contributed by atoms with E-state index in [2.05, 4.69) is 15.6 Å². The number of hydrogen-bond donors (Lipinski definition) is 3. The Kier molecular flexibility index (Phi) is 7.99. The molecule has 176 valence electrons. The fraction of sp³-hybridized carbons (Fsp3) is 0.304. The molecule has 3 aromatic rings. The first-order valence-electron chi connectivity index (χ1n) is 10.2. The quantitative estimate of drug-likeness (QED) is 0.373. The highest BCUT2D eigenvalue weighted by molar-refractivity contribution is 6.32. The number of aliphatic hydroxyl groups excluding tert-OH is 1. The number of halogens is 4. The van der Waals surface area contributed by atoms with Gasteiger partial charge in [0.25, 0.3) is 5.91 Å². The van der Waals surface area contributed by atoms with Crippen LogP contribution in [0.15, 0.2) is 42.6 Å². The van der Waals surface area contributed by atoms with Crippen molar-refractivity contribution in [3.63, 3.8) is 0 Å². The number of nitrogens with zero attached hydrogens (tertiary/aromatic N) is 1. The van der Waals surface area contributed by atoms with Crippen LogP contribution in [0.1, 0.15) is 34.3 Å². The molecule has 0 aliphatic carbocycles. The third-order valence-corrected chi connectivity index (χ3v) is 5.29. The predicted molar refractivity (Wildman–Crippen MR) is 121 cm³/mol. The van der Waals surface area contributed by atoms with Crippen LogP contribution in [0.3, 0.4) is 0 Å². The van der Waals surface area contributed by atoms with E-state index in [4.69, 9.17) is 21.4 Å². The summed E-state index contributed by atoms with van der Waals surface area (Å²) in [4.78, 5) is 16.9. The van der Waals surface area contributed by atoms with Crippen LogP contribution in [0.4, 0.5) is 18.9 Å². The number of ether oxygens (including phenoxy) is 1. The lowest BCUT2D eigenvalue weighted by Gasteiger charge is -2.16. The Morgan fingerprint density at radius 2 is 1.97 bits per heavy atom. The van der Waals surface area contributed by atoms with Crippen molar-refractivity contribution in [3.8, 4) is 5.75 Å². The number of amides is 1. The van der Waals surface area contributed by atoms with Gasteiger partial charge in [-0.2, -0.15) is 13.2 Å². The Bertz CT molecular complexity index is 1140. The summed E-state index contributed by atoms with van der Waals surface area (Å²) in [5.41, 5.74) is 0.631. The van der Waals surface area contributed by atoms with Gasteiger partial charge in [-0.1, -0.05) is 23.7 Å². The summed E-state index contributed by atoms with van der Waals surface area (Å²) in [5.74, 6) is 0.0925. The number of unbranched alkanes of at least 4 members (excludes halogenated alkanes) is 1. The van der Waals surface area contributed by atoms with Crippen molar-refractivity contribution in [2.75, 3.05) is 25.6 Å². The van der Waals surface area contributed by atoms with Gasteiger partial charge in [0.05, 0.1) is 34.5 Å². The first kappa shape index (κ1) is 24.6. The van der Waals surface area contributed by atoms with E-state index in [-0.39, 0.29) is 24.2 Å². The summed E-state index contributed by atoms with van der Waals surface area (Å²) in [6, 6.07) is 8.41. The summed E-state index contributed by atoms with van der Waals surface area (Å²) >= 11 is 6.18. The molecule has 1 amide bonds. The van der Waals surface area contributed by atoms with E-state index in [9.17, 15) is 18.0 Å². The number of benzene rings is 2. The van der Waals surface area contributed by atoms with E-state index < -0.39 is 17.6 Å². The molecule has 0 fully saturated rings. The first-order valence-corrected chi connectivity index (χ1v) is 10.6. The zero-order valence-corrected chi connectivity index (χ0v) is 18.6. The average Bonchev–Trinajstić information content (AvgIpc) is 2.79. The maximum atomic E-state index is 13.1. The molecule has 0 bridgehead atoms. The highest BCUT2D eigenvalue weighted by atomic mass is 35.5. The molecule has 10 heteroatoms. The monoisotopic (exact) mass is 481 g/mol. The second-order valence-corrected chi connectivity index (χ2v) is 7.69. The van der Waals surface area contributed by atoms with Crippen LogP contribution < -0.4 is 15.4 Å². The van der Waals surface area contributed by atoms with Gasteiger partial charge >= 0.3 is 6.18 Å². The van der Waals surface area contributed by atoms with E-state index in [0.29, 0.717) is 41.2 Å². The van der Waals surface area contributed by atoms with E-state index in [1.165, 1.54) is 19.4 Å². The second-order valence-electron chi connectivity index (χ2n) is 7.29. The third kappa shape index (κ3) is 6.06. The van der Waals surface area contributed by atoms with Gasteiger partial charge in [-0.05, 0) is 42.7 Å². The van der Waals surface area contributed by atoms with Crippen LogP contribution in [0.5, 0.6) is 5.75 Å². The van der Waals surface area contributed by atoms with Gasteiger partial charge in [-0.3, -0.25) is 9.78 Å². The maximum absolute atomic E-state index is 13.1. The topological polar surface area (TPSA) is 83.5 Å². The zero-order chi connectivity index (χ0) is 24.0. The van der Waals surface area contributed by atoms with Crippen molar-refractivity contribution in [1.82, 2.24) is 10.3 Å². The van der Waals surface area contributed by atoms with Gasteiger partial charge in [0, 0.05) is 31.3 Å². The van der Waals surface area contributed by atoms with Gasteiger partial charge in [0.15, 0.2) is 0 Å². The van der Waals surface area contributed by atoms with E-state index >= 15 is 0 Å². The second kappa shape index (κ2) is 10.7. The van der Waals surface area contributed by atoms with Crippen molar-refractivity contribution < 1.29 is 27.8 Å². The normalized spacial score (nSPS) is 11.5. The Morgan fingerprint density at radius 3 is 2.64 bits per heavy atom. The highest BCUT2D eigenvalue weighted by Gasteiger charge is 2.31. The van der Waals surface area contributed by atoms with Gasteiger partial charge in [-0.15, -0.1) is 0 Å². The molecule has 2 aromatic carbocycles. The molecule has 1 heterocycles. The minimum Gasteiger partial charge on any atom is -0.495 e. The number of fused-ring (bicyclic) bond motifs is 1. The lowest BCUT2D eigenvalue weighted by atomic mass is 10.1. The number of carbonyl (C=O) groups excluding carboxylic acids is 1. The Hall–Kier alpha value is -3.04. The summed E-state index contributed by atoms with van der Waals surface area (Å²) in [7, 11) is 1.50.